The van der Waals surface area contributed by atoms with Crippen molar-refractivity contribution in [1.29, 1.82) is 0 Å². The quantitative estimate of drug-likeness (QED) is 0.473. The zero-order valence-electron chi connectivity index (χ0n) is 13.4. The van der Waals surface area contributed by atoms with Crippen molar-refractivity contribution < 1.29 is 19.2 Å². The van der Waals surface area contributed by atoms with Crippen molar-refractivity contribution in [3.05, 3.63) is 28.3 Å². The van der Waals surface area contributed by atoms with Crippen LogP contribution in [0.2, 0.25) is 0 Å². The lowest BCUT2D eigenvalue weighted by atomic mass is 10.1. The highest BCUT2D eigenvalue weighted by molar-refractivity contribution is 6.23. The molecular formula is C16H19N3O5. The average Bonchev–Trinajstić information content (AvgIpc) is 2.89. The van der Waals surface area contributed by atoms with Crippen LogP contribution in [0.4, 0.5) is 11.4 Å². The van der Waals surface area contributed by atoms with Gasteiger partial charge in [0.05, 0.1) is 36.2 Å². The Labute approximate surface area is 139 Å². The van der Waals surface area contributed by atoms with Gasteiger partial charge in [-0.1, -0.05) is 6.42 Å². The molecule has 0 saturated carbocycles. The van der Waals surface area contributed by atoms with Crippen LogP contribution in [0.15, 0.2) is 18.2 Å². The number of nitro groups is 1. The van der Waals surface area contributed by atoms with Crippen LogP contribution in [0, 0.1) is 10.1 Å². The smallest absolute Gasteiger partial charge is 0.273 e. The number of likely N-dealkylation sites (tertiary alicyclic amines) is 1. The number of imide groups is 1. The number of methoxy groups -OCH3 is 1. The van der Waals surface area contributed by atoms with E-state index in [0.717, 1.165) is 37.3 Å². The van der Waals surface area contributed by atoms with Crippen LogP contribution in [0.5, 0.6) is 5.75 Å². The Morgan fingerprint density at radius 1 is 1.21 bits per heavy atom. The summed E-state index contributed by atoms with van der Waals surface area (Å²) in [5.41, 5.74) is 0.111. The number of benzene rings is 1. The number of hydrogen-bond donors (Lipinski definition) is 0. The number of carbonyl (C=O) groups is 2. The standard InChI is InChI=1S/C16H19N3O5/c1-24-14-9-11(19(22)23)5-6-12(14)18-15(20)10-13(16(18)21)17-7-3-2-4-8-17/h5-6,9,13H,2-4,7-8,10H2,1H3. The summed E-state index contributed by atoms with van der Waals surface area (Å²) in [4.78, 5) is 38.7. The molecule has 2 heterocycles. The van der Waals surface area contributed by atoms with Crippen LogP contribution in [0.1, 0.15) is 25.7 Å². The summed E-state index contributed by atoms with van der Waals surface area (Å²) in [6.45, 7) is 1.63. The Bertz CT molecular complexity index is 684. The third-order valence-electron chi connectivity index (χ3n) is 4.57. The summed E-state index contributed by atoms with van der Waals surface area (Å²) in [5, 5.41) is 10.9. The normalized spacial score (nSPS) is 22.0. The Morgan fingerprint density at radius 3 is 2.54 bits per heavy atom. The van der Waals surface area contributed by atoms with Crippen molar-refractivity contribution in [1.82, 2.24) is 4.90 Å². The summed E-state index contributed by atoms with van der Waals surface area (Å²) >= 11 is 0. The molecule has 0 aromatic heterocycles. The first-order valence-electron chi connectivity index (χ1n) is 7.96. The number of hydrogen-bond acceptors (Lipinski definition) is 6. The second-order valence-electron chi connectivity index (χ2n) is 6.00. The van der Waals surface area contributed by atoms with Crippen molar-refractivity contribution in [3.63, 3.8) is 0 Å². The number of rotatable bonds is 4. The minimum Gasteiger partial charge on any atom is -0.494 e. The molecule has 3 rings (SSSR count). The fraction of sp³-hybridized carbons (Fsp3) is 0.500. The van der Waals surface area contributed by atoms with E-state index in [4.69, 9.17) is 4.74 Å². The molecule has 1 unspecified atom stereocenters. The molecule has 128 valence electrons. The fourth-order valence-corrected chi connectivity index (χ4v) is 3.35. The second-order valence-corrected chi connectivity index (χ2v) is 6.00. The SMILES string of the molecule is COc1cc([N+](=O)[O-])ccc1N1C(=O)CC(N2CCCCC2)C1=O. The number of anilines is 1. The Hall–Kier alpha value is -2.48. The molecule has 8 nitrogen and oxygen atoms in total. The molecule has 2 aliphatic rings. The highest BCUT2D eigenvalue weighted by atomic mass is 16.6. The van der Waals surface area contributed by atoms with Crippen molar-refractivity contribution in [2.24, 2.45) is 0 Å². The molecule has 2 amide bonds. The van der Waals surface area contributed by atoms with E-state index in [1.807, 2.05) is 0 Å². The van der Waals surface area contributed by atoms with Crippen molar-refractivity contribution in [2.75, 3.05) is 25.1 Å². The van der Waals surface area contributed by atoms with Gasteiger partial charge in [0.2, 0.25) is 5.91 Å². The molecule has 0 radical (unpaired) electrons. The summed E-state index contributed by atoms with van der Waals surface area (Å²) in [5.74, 6) is -0.443. The fourth-order valence-electron chi connectivity index (χ4n) is 3.35. The van der Waals surface area contributed by atoms with E-state index in [-0.39, 0.29) is 35.4 Å². The molecule has 1 atom stereocenters. The molecule has 0 aliphatic carbocycles. The number of piperidine rings is 1. The number of nitro benzene ring substituents is 1. The van der Waals surface area contributed by atoms with Gasteiger partial charge in [0.1, 0.15) is 5.75 Å². The predicted octanol–water partition coefficient (Wildman–Crippen LogP) is 1.72. The molecule has 24 heavy (non-hydrogen) atoms. The Kier molecular flexibility index (Phi) is 4.48. The minimum absolute atomic E-state index is 0.138. The second kappa shape index (κ2) is 6.56. The van der Waals surface area contributed by atoms with Gasteiger partial charge in [-0.2, -0.15) is 0 Å². The molecular weight excluding hydrogens is 314 g/mol. The van der Waals surface area contributed by atoms with Crippen LogP contribution in [-0.2, 0) is 9.59 Å². The monoisotopic (exact) mass is 333 g/mol. The van der Waals surface area contributed by atoms with Crippen LogP contribution < -0.4 is 9.64 Å². The lowest BCUT2D eigenvalue weighted by Crippen LogP contribution is -2.44. The van der Waals surface area contributed by atoms with Crippen molar-refractivity contribution >= 4 is 23.2 Å². The van der Waals surface area contributed by atoms with Gasteiger partial charge in [-0.15, -0.1) is 0 Å². The summed E-state index contributed by atoms with van der Waals surface area (Å²) in [7, 11) is 1.36. The number of carbonyl (C=O) groups excluding carboxylic acids is 2. The summed E-state index contributed by atoms with van der Waals surface area (Å²) < 4.78 is 5.16. The largest absolute Gasteiger partial charge is 0.494 e. The highest BCUT2D eigenvalue weighted by Crippen LogP contribution is 2.36. The third-order valence-corrected chi connectivity index (χ3v) is 4.57. The van der Waals surface area contributed by atoms with Crippen LogP contribution in [0.3, 0.4) is 0 Å². The number of amides is 2. The van der Waals surface area contributed by atoms with E-state index in [1.165, 1.54) is 25.3 Å². The minimum atomic E-state index is -0.545. The van der Waals surface area contributed by atoms with Gasteiger partial charge in [0.15, 0.2) is 0 Å². The van der Waals surface area contributed by atoms with Gasteiger partial charge in [-0.05, 0) is 32.0 Å². The van der Waals surface area contributed by atoms with E-state index < -0.39 is 11.0 Å². The first-order chi connectivity index (χ1) is 11.5. The van der Waals surface area contributed by atoms with Crippen molar-refractivity contribution in [3.8, 4) is 5.75 Å². The van der Waals surface area contributed by atoms with Crippen LogP contribution >= 0.6 is 0 Å². The van der Waals surface area contributed by atoms with E-state index in [0.29, 0.717) is 0 Å². The maximum Gasteiger partial charge on any atom is 0.273 e. The lowest BCUT2D eigenvalue weighted by molar-refractivity contribution is -0.384. The molecule has 0 bridgehead atoms. The van der Waals surface area contributed by atoms with E-state index in [2.05, 4.69) is 4.90 Å². The van der Waals surface area contributed by atoms with E-state index in [9.17, 15) is 19.7 Å². The molecule has 2 fully saturated rings. The summed E-state index contributed by atoms with van der Waals surface area (Å²) in [6, 6.07) is 3.44. The summed E-state index contributed by atoms with van der Waals surface area (Å²) in [6.07, 6.45) is 3.34. The molecule has 2 saturated heterocycles. The van der Waals surface area contributed by atoms with Gasteiger partial charge in [-0.3, -0.25) is 24.6 Å². The van der Waals surface area contributed by atoms with E-state index >= 15 is 0 Å². The maximum atomic E-state index is 12.8. The first kappa shape index (κ1) is 16.4. The Morgan fingerprint density at radius 2 is 1.92 bits per heavy atom. The highest BCUT2D eigenvalue weighted by Gasteiger charge is 2.43. The third kappa shape index (κ3) is 2.84. The number of nitrogens with zero attached hydrogens (tertiary/aromatic N) is 3. The lowest BCUT2D eigenvalue weighted by Gasteiger charge is -2.30. The number of ether oxygens (including phenoxy) is 1. The topological polar surface area (TPSA) is 93.0 Å². The van der Waals surface area contributed by atoms with E-state index in [1.54, 1.807) is 0 Å². The van der Waals surface area contributed by atoms with Gasteiger partial charge >= 0.3 is 0 Å². The van der Waals surface area contributed by atoms with Crippen LogP contribution in [0.25, 0.3) is 0 Å². The average molecular weight is 333 g/mol. The molecule has 0 N–H and O–H groups in total. The van der Waals surface area contributed by atoms with Gasteiger partial charge in [0.25, 0.3) is 11.6 Å². The molecule has 0 spiro atoms. The van der Waals surface area contributed by atoms with Gasteiger partial charge < -0.3 is 4.74 Å². The number of non-ortho nitro benzene ring substituents is 1. The first-order valence-corrected chi connectivity index (χ1v) is 7.96. The zero-order valence-corrected chi connectivity index (χ0v) is 13.4. The van der Waals surface area contributed by atoms with Crippen molar-refractivity contribution in [2.45, 2.75) is 31.7 Å². The van der Waals surface area contributed by atoms with Gasteiger partial charge in [0, 0.05) is 6.07 Å². The Balaban J connectivity index is 1.90. The van der Waals surface area contributed by atoms with Gasteiger partial charge in [-0.25, -0.2) is 4.90 Å². The maximum absolute atomic E-state index is 12.8. The van der Waals surface area contributed by atoms with Crippen LogP contribution in [-0.4, -0.2) is 47.9 Å². The predicted molar refractivity (Wildman–Crippen MR) is 86.0 cm³/mol. The molecule has 1 aromatic carbocycles. The zero-order chi connectivity index (χ0) is 17.3. The molecule has 8 heteroatoms. The molecule has 2 aliphatic heterocycles. The molecule has 1 aromatic rings.